The lowest BCUT2D eigenvalue weighted by Crippen LogP contribution is -2.38. The molecule has 0 bridgehead atoms. The van der Waals surface area contributed by atoms with E-state index in [9.17, 15) is 14.0 Å². The number of esters is 1. The summed E-state index contributed by atoms with van der Waals surface area (Å²) in [5.74, 6) is -1.79. The average Bonchev–Trinajstić information content (AvgIpc) is 2.52. The summed E-state index contributed by atoms with van der Waals surface area (Å²) in [5.41, 5.74) is 2.30. The van der Waals surface area contributed by atoms with Crippen LogP contribution in [0.2, 0.25) is 0 Å². The fourth-order valence-corrected chi connectivity index (χ4v) is 3.84. The third-order valence-electron chi connectivity index (χ3n) is 4.86. The Balaban J connectivity index is 2.24. The molecular formula is C20H22FNO3. The minimum atomic E-state index is -0.742. The lowest BCUT2D eigenvalue weighted by molar-refractivity contribution is -0.136. The molecule has 1 aromatic rings. The molecule has 0 saturated carbocycles. The quantitative estimate of drug-likeness (QED) is 0.834. The number of rotatable bonds is 2. The van der Waals surface area contributed by atoms with Crippen molar-refractivity contribution in [2.45, 2.75) is 39.5 Å². The monoisotopic (exact) mass is 343 g/mol. The first-order valence-electron chi connectivity index (χ1n) is 8.32. The van der Waals surface area contributed by atoms with Gasteiger partial charge >= 0.3 is 5.97 Å². The second kappa shape index (κ2) is 6.14. The van der Waals surface area contributed by atoms with Gasteiger partial charge in [-0.05, 0) is 24.8 Å². The summed E-state index contributed by atoms with van der Waals surface area (Å²) in [6, 6.07) is 6.27. The first-order valence-corrected chi connectivity index (χ1v) is 8.32. The molecular weight excluding hydrogens is 321 g/mol. The van der Waals surface area contributed by atoms with Crippen LogP contribution in [-0.4, -0.2) is 18.9 Å². The Kier molecular flexibility index (Phi) is 4.27. The molecule has 5 heteroatoms. The highest BCUT2D eigenvalue weighted by molar-refractivity contribution is 6.04. The van der Waals surface area contributed by atoms with Crippen LogP contribution in [0.4, 0.5) is 4.39 Å². The number of Topliss-reactive ketones (excluding diaryl/α,β-unsaturated/α-hetero) is 1. The maximum Gasteiger partial charge on any atom is 0.336 e. The van der Waals surface area contributed by atoms with Crippen LogP contribution in [-0.2, 0) is 14.3 Å². The minimum absolute atomic E-state index is 0.0547. The first kappa shape index (κ1) is 17.4. The third kappa shape index (κ3) is 2.99. The lowest BCUT2D eigenvalue weighted by atomic mass is 9.68. The highest BCUT2D eigenvalue weighted by Crippen LogP contribution is 2.47. The molecule has 1 aliphatic heterocycles. The molecule has 25 heavy (non-hydrogen) atoms. The van der Waals surface area contributed by atoms with Crippen molar-refractivity contribution in [1.82, 2.24) is 5.32 Å². The van der Waals surface area contributed by atoms with Crippen molar-refractivity contribution in [1.29, 1.82) is 0 Å². The molecule has 0 fully saturated rings. The second-order valence-corrected chi connectivity index (χ2v) is 7.44. The van der Waals surface area contributed by atoms with Crippen LogP contribution in [0.25, 0.3) is 0 Å². The summed E-state index contributed by atoms with van der Waals surface area (Å²) in [7, 11) is 1.29. The predicted octanol–water partition coefficient (Wildman–Crippen LogP) is 3.60. The van der Waals surface area contributed by atoms with Gasteiger partial charge in [0.2, 0.25) is 0 Å². The highest BCUT2D eigenvalue weighted by Gasteiger charge is 2.43. The molecule has 1 aliphatic carbocycles. The van der Waals surface area contributed by atoms with Crippen molar-refractivity contribution in [3.63, 3.8) is 0 Å². The van der Waals surface area contributed by atoms with E-state index in [2.05, 4.69) is 5.32 Å². The Hall–Kier alpha value is -2.43. The minimum Gasteiger partial charge on any atom is -0.466 e. The van der Waals surface area contributed by atoms with E-state index in [1.165, 1.54) is 13.2 Å². The molecule has 0 spiro atoms. The largest absolute Gasteiger partial charge is 0.466 e. The topological polar surface area (TPSA) is 55.4 Å². The van der Waals surface area contributed by atoms with Crippen LogP contribution < -0.4 is 5.32 Å². The predicted molar refractivity (Wildman–Crippen MR) is 92.0 cm³/mol. The number of nitrogens with one attached hydrogen (secondary N) is 1. The van der Waals surface area contributed by atoms with E-state index in [0.717, 1.165) is 5.70 Å². The van der Waals surface area contributed by atoms with Gasteiger partial charge in [-0.1, -0.05) is 32.0 Å². The fourth-order valence-electron chi connectivity index (χ4n) is 3.84. The second-order valence-electron chi connectivity index (χ2n) is 7.44. The number of carbonyl (C=O) groups excluding carboxylic acids is 2. The Morgan fingerprint density at radius 2 is 1.96 bits per heavy atom. The molecule has 2 aliphatic rings. The van der Waals surface area contributed by atoms with Gasteiger partial charge in [-0.25, -0.2) is 9.18 Å². The number of ether oxygens (including phenoxy) is 1. The first-order chi connectivity index (χ1) is 11.7. The Morgan fingerprint density at radius 1 is 1.28 bits per heavy atom. The van der Waals surface area contributed by atoms with E-state index in [-0.39, 0.29) is 11.2 Å². The molecule has 0 amide bonds. The van der Waals surface area contributed by atoms with Crippen molar-refractivity contribution in [2.75, 3.05) is 7.11 Å². The molecule has 1 unspecified atom stereocenters. The molecule has 0 aromatic heterocycles. The van der Waals surface area contributed by atoms with Crippen molar-refractivity contribution in [3.05, 3.63) is 58.2 Å². The van der Waals surface area contributed by atoms with Crippen LogP contribution in [0.5, 0.6) is 0 Å². The Bertz CT molecular complexity index is 820. The van der Waals surface area contributed by atoms with Crippen LogP contribution in [0.3, 0.4) is 0 Å². The van der Waals surface area contributed by atoms with E-state index >= 15 is 0 Å². The van der Waals surface area contributed by atoms with E-state index < -0.39 is 17.7 Å². The fraction of sp³-hybridized carbons (Fsp3) is 0.400. The molecule has 3 rings (SSSR count). The number of benzene rings is 1. The molecule has 4 nitrogen and oxygen atoms in total. The van der Waals surface area contributed by atoms with Gasteiger partial charge in [0.25, 0.3) is 0 Å². The maximum atomic E-state index is 14.6. The number of carbonyl (C=O) groups is 2. The van der Waals surface area contributed by atoms with Gasteiger partial charge in [-0.3, -0.25) is 4.79 Å². The molecule has 1 aromatic carbocycles. The number of hydrogen-bond acceptors (Lipinski definition) is 4. The van der Waals surface area contributed by atoms with Crippen molar-refractivity contribution < 1.29 is 18.7 Å². The summed E-state index contributed by atoms with van der Waals surface area (Å²) in [5, 5.41) is 3.20. The van der Waals surface area contributed by atoms with Crippen LogP contribution in [0.15, 0.2) is 46.8 Å². The van der Waals surface area contributed by atoms with Crippen LogP contribution in [0, 0.1) is 11.2 Å². The normalized spacial score (nSPS) is 22.4. The number of dihydropyridines is 1. The lowest BCUT2D eigenvalue weighted by Gasteiger charge is -2.39. The summed E-state index contributed by atoms with van der Waals surface area (Å²) < 4.78 is 19.5. The molecule has 1 atom stereocenters. The van der Waals surface area contributed by atoms with Crippen molar-refractivity contribution >= 4 is 11.8 Å². The number of halogens is 1. The van der Waals surface area contributed by atoms with E-state index in [4.69, 9.17) is 4.74 Å². The van der Waals surface area contributed by atoms with E-state index in [1.54, 1.807) is 25.1 Å². The van der Waals surface area contributed by atoms with Crippen molar-refractivity contribution in [3.8, 4) is 0 Å². The molecule has 132 valence electrons. The number of hydrogen-bond donors (Lipinski definition) is 1. The summed E-state index contributed by atoms with van der Waals surface area (Å²) in [6.07, 6.45) is 1.04. The molecule has 0 saturated heterocycles. The van der Waals surface area contributed by atoms with Gasteiger partial charge in [0.05, 0.1) is 18.6 Å². The van der Waals surface area contributed by atoms with Gasteiger partial charge in [-0.15, -0.1) is 0 Å². The zero-order valence-electron chi connectivity index (χ0n) is 14.9. The SMILES string of the molecule is COC(=O)C1=C(C)NC2=C(C(=O)CC(C)(C)C2)C1c1ccccc1F. The zero-order valence-corrected chi connectivity index (χ0v) is 14.9. The average molecular weight is 343 g/mol. The number of allylic oxidation sites excluding steroid dienone is 3. The number of methoxy groups -OCH3 is 1. The van der Waals surface area contributed by atoms with Gasteiger partial charge in [0.15, 0.2) is 5.78 Å². The van der Waals surface area contributed by atoms with Gasteiger partial charge < -0.3 is 10.1 Å². The smallest absolute Gasteiger partial charge is 0.336 e. The van der Waals surface area contributed by atoms with E-state index in [1.807, 2.05) is 13.8 Å². The molecule has 1 heterocycles. The van der Waals surface area contributed by atoms with Gasteiger partial charge in [-0.2, -0.15) is 0 Å². The van der Waals surface area contributed by atoms with Gasteiger partial charge in [0.1, 0.15) is 5.82 Å². The summed E-state index contributed by atoms with van der Waals surface area (Å²) in [6.45, 7) is 5.82. The zero-order chi connectivity index (χ0) is 18.4. The Morgan fingerprint density at radius 3 is 2.60 bits per heavy atom. The number of ketones is 1. The maximum absolute atomic E-state index is 14.6. The standard InChI is InChI=1S/C20H22FNO3/c1-11-16(19(24)25-4)17(12-7-5-6-8-13(12)21)18-14(22-11)9-20(2,3)10-15(18)23/h5-8,17,22H,9-10H2,1-4H3. The van der Waals surface area contributed by atoms with E-state index in [0.29, 0.717) is 35.2 Å². The summed E-state index contributed by atoms with van der Waals surface area (Å²) in [4.78, 5) is 25.3. The van der Waals surface area contributed by atoms with Crippen molar-refractivity contribution in [2.24, 2.45) is 5.41 Å². The molecule has 0 radical (unpaired) electrons. The Labute approximate surface area is 146 Å². The van der Waals surface area contributed by atoms with Gasteiger partial charge in [0, 0.05) is 29.0 Å². The van der Waals surface area contributed by atoms with Crippen LogP contribution in [0.1, 0.15) is 45.1 Å². The molecule has 1 N–H and O–H groups in total. The van der Waals surface area contributed by atoms with Crippen LogP contribution >= 0.6 is 0 Å². The summed E-state index contributed by atoms with van der Waals surface area (Å²) >= 11 is 0. The third-order valence-corrected chi connectivity index (χ3v) is 4.86. The highest BCUT2D eigenvalue weighted by atomic mass is 19.1.